The fourth-order valence-electron chi connectivity index (χ4n) is 5.75. The molecule has 0 aromatic carbocycles. The molecule has 0 spiro atoms. The van der Waals surface area contributed by atoms with Crippen LogP contribution < -0.4 is 16.4 Å². The van der Waals surface area contributed by atoms with E-state index in [0.717, 1.165) is 54.7 Å². The van der Waals surface area contributed by atoms with E-state index in [9.17, 15) is 62.3 Å². The molecule has 61 heavy (non-hydrogen) atoms. The molecule has 9 atom stereocenters. The van der Waals surface area contributed by atoms with Gasteiger partial charge in [0.1, 0.15) is 42.4 Å². The van der Waals surface area contributed by atoms with Crippen LogP contribution in [0.15, 0.2) is 12.7 Å². The van der Waals surface area contributed by atoms with Crippen LogP contribution in [-0.4, -0.2) is 129 Å². The van der Waals surface area contributed by atoms with Gasteiger partial charge in [-0.15, -0.1) is 0 Å². The number of imidazole rings is 1. The van der Waals surface area contributed by atoms with Gasteiger partial charge in [0, 0.05) is 30.7 Å². The van der Waals surface area contributed by atoms with Crippen LogP contribution >= 0.6 is 35.2 Å². The molecule has 24 nitrogen and oxygen atoms in total. The van der Waals surface area contributed by atoms with Crippen LogP contribution in [0.3, 0.4) is 0 Å². The Kier molecular flexibility index (Phi) is 20.3. The minimum atomic E-state index is -5.59. The Morgan fingerprint density at radius 3 is 2.38 bits per heavy atom. The molecule has 2 unspecified atom stereocenters. The topological polar surface area (TPSA) is 364 Å². The smallest absolute Gasteiger partial charge is 0.386 e. The molecule has 3 rings (SSSR count). The van der Waals surface area contributed by atoms with Crippen molar-refractivity contribution in [2.75, 3.05) is 37.8 Å². The number of anilines is 1. The Morgan fingerprint density at radius 1 is 1.03 bits per heavy atom. The highest BCUT2D eigenvalue weighted by atomic mass is 32.2. The van der Waals surface area contributed by atoms with Crippen LogP contribution in [0.2, 0.25) is 0 Å². The molecule has 0 aliphatic carbocycles. The highest BCUT2D eigenvalue weighted by Crippen LogP contribution is 2.61. The number of carbonyl (C=O) groups is 3. The molecule has 10 N–H and O–H groups in total. The number of alkyl halides is 1. The van der Waals surface area contributed by atoms with Crippen LogP contribution in [0.25, 0.3) is 11.2 Å². The number of nitrogens with one attached hydrogen (secondary N) is 2. The van der Waals surface area contributed by atoms with Crippen LogP contribution in [0.5, 0.6) is 0 Å². The molecule has 348 valence electrons. The predicted octanol–water partition coefficient (Wildman–Crippen LogP) is 2.00. The zero-order chi connectivity index (χ0) is 45.8. The largest absolute Gasteiger partial charge is 0.481 e. The minimum Gasteiger partial charge on any atom is -0.386 e. The summed E-state index contributed by atoms with van der Waals surface area (Å²) in [6.07, 6.45) is -3.13. The number of nitrogen functional groups attached to an aromatic ring is 1. The second-order valence-corrected chi connectivity index (χ2v) is 20.1. The van der Waals surface area contributed by atoms with Gasteiger partial charge in [0.05, 0.1) is 25.5 Å². The van der Waals surface area contributed by atoms with E-state index in [-0.39, 0.29) is 47.4 Å². The van der Waals surface area contributed by atoms with Gasteiger partial charge < -0.3 is 50.9 Å². The lowest BCUT2D eigenvalue weighted by Gasteiger charge is -2.30. The summed E-state index contributed by atoms with van der Waals surface area (Å²) in [7, 11) is -16.4. The number of hydrogen-bond donors (Lipinski definition) is 9. The molecule has 29 heteroatoms. The molecule has 2 aromatic heterocycles. The first kappa shape index (κ1) is 52.8. The summed E-state index contributed by atoms with van der Waals surface area (Å²) in [5.41, 5.74) is 4.23. The highest BCUT2D eigenvalue weighted by Gasteiger charge is 2.50. The monoisotopic (exact) mass is 953 g/mol. The lowest BCUT2D eigenvalue weighted by Crippen LogP contribution is -2.46. The second kappa shape index (κ2) is 23.4. The number of hydrogen-bond acceptors (Lipinski definition) is 18. The van der Waals surface area contributed by atoms with Crippen molar-refractivity contribution < 1.29 is 84.9 Å². The van der Waals surface area contributed by atoms with E-state index in [4.69, 9.17) is 19.5 Å². The zero-order valence-corrected chi connectivity index (χ0v) is 37.3. The number of amides is 2. The van der Waals surface area contributed by atoms with Crippen molar-refractivity contribution in [3.05, 3.63) is 12.7 Å². The standard InChI is InChI=1S/C32H55FN7O17P3S/c1-5-6-7-8-9-10-20(33)19(2)31(45)61-14-13-35-22(41)11-12-36-29(44)26(43)32(3,4)16-54-60(51,52)57-59(49,50)53-15-21-25(56-58(46,47)48)24(42)30(55-21)40-18-39-23-27(34)37-17-38-28(23)40/h17-21,24-26,30,42-43H,5-16H2,1-4H3,(H,35,41)(H,36,44)(H,49,50)(H,51,52)(H2,34,37,38)(H2,46,47,48)/t19-,20-,21+,24+,25+,26-,30+/m0/s1. The van der Waals surface area contributed by atoms with Crippen molar-refractivity contribution in [3.8, 4) is 0 Å². The first-order valence-corrected chi connectivity index (χ1v) is 24.6. The van der Waals surface area contributed by atoms with Gasteiger partial charge in [-0.25, -0.2) is 33.0 Å². The maximum Gasteiger partial charge on any atom is 0.481 e. The number of carbonyl (C=O) groups excluding carboxylic acids is 3. The highest BCUT2D eigenvalue weighted by molar-refractivity contribution is 8.13. The molecule has 0 radical (unpaired) electrons. The Morgan fingerprint density at radius 2 is 1.70 bits per heavy atom. The summed E-state index contributed by atoms with van der Waals surface area (Å²) in [4.78, 5) is 88.2. The van der Waals surface area contributed by atoms with Crippen molar-refractivity contribution in [1.82, 2.24) is 30.2 Å². The number of aliphatic hydroxyl groups excluding tert-OH is 2. The van der Waals surface area contributed by atoms with Crippen LogP contribution in [0.4, 0.5) is 10.2 Å². The average molecular weight is 954 g/mol. The van der Waals surface area contributed by atoms with Gasteiger partial charge in [-0.1, -0.05) is 71.6 Å². The number of halogens is 1. The number of nitrogens with two attached hydrogens (primary N) is 1. The molecule has 1 aliphatic rings. The van der Waals surface area contributed by atoms with Crippen molar-refractivity contribution in [2.24, 2.45) is 11.3 Å². The Bertz CT molecular complexity index is 1930. The quantitative estimate of drug-likeness (QED) is 0.0457. The zero-order valence-electron chi connectivity index (χ0n) is 33.8. The first-order chi connectivity index (χ1) is 28.4. The van der Waals surface area contributed by atoms with E-state index in [1.165, 1.54) is 13.8 Å². The van der Waals surface area contributed by atoms with E-state index in [2.05, 4.69) is 41.3 Å². The molecule has 1 saturated heterocycles. The molecular formula is C32H55FN7O17P3S. The van der Waals surface area contributed by atoms with Gasteiger partial charge in [-0.05, 0) is 6.42 Å². The van der Waals surface area contributed by atoms with Gasteiger partial charge >= 0.3 is 23.5 Å². The predicted molar refractivity (Wildman–Crippen MR) is 215 cm³/mol. The molecular weight excluding hydrogens is 898 g/mol. The average Bonchev–Trinajstić information content (AvgIpc) is 3.73. The van der Waals surface area contributed by atoms with Gasteiger partial charge in [-0.3, -0.25) is 32.5 Å². The van der Waals surface area contributed by atoms with Crippen molar-refractivity contribution in [2.45, 2.75) is 109 Å². The van der Waals surface area contributed by atoms with E-state index < -0.39 is 96.6 Å². The molecule has 0 bridgehead atoms. The summed E-state index contributed by atoms with van der Waals surface area (Å²) in [5.74, 6) is -2.11. The van der Waals surface area contributed by atoms with Gasteiger partial charge in [-0.2, -0.15) is 4.31 Å². The third kappa shape index (κ3) is 16.9. The van der Waals surface area contributed by atoms with Crippen LogP contribution in [-0.2, 0) is 50.7 Å². The fraction of sp³-hybridized carbons (Fsp3) is 0.750. The number of aromatic nitrogens is 4. The molecule has 1 aliphatic heterocycles. The van der Waals surface area contributed by atoms with E-state index >= 15 is 0 Å². The Balaban J connectivity index is 1.43. The number of phosphoric acid groups is 3. The molecule has 0 saturated carbocycles. The van der Waals surface area contributed by atoms with Crippen LogP contribution in [0, 0.1) is 11.3 Å². The fourth-order valence-corrected chi connectivity index (χ4v) is 9.40. The van der Waals surface area contributed by atoms with Gasteiger partial charge in [0.25, 0.3) is 0 Å². The first-order valence-electron chi connectivity index (χ1n) is 19.1. The third-order valence-corrected chi connectivity index (χ3v) is 13.4. The van der Waals surface area contributed by atoms with E-state index in [0.29, 0.717) is 12.8 Å². The number of phosphoric ester groups is 3. The number of unbranched alkanes of at least 4 members (excludes halogenated alkanes) is 4. The Labute approximate surface area is 354 Å². The van der Waals surface area contributed by atoms with Crippen molar-refractivity contribution in [3.63, 3.8) is 0 Å². The summed E-state index contributed by atoms with van der Waals surface area (Å²) in [6, 6.07) is 0. The summed E-state index contributed by atoms with van der Waals surface area (Å²) in [6.45, 7) is 3.92. The number of rotatable bonds is 27. The van der Waals surface area contributed by atoms with E-state index in [1.54, 1.807) is 6.92 Å². The number of fused-ring (bicyclic) bond motifs is 1. The second-order valence-electron chi connectivity index (χ2n) is 14.7. The lowest BCUT2D eigenvalue weighted by molar-refractivity contribution is -0.137. The molecule has 3 heterocycles. The molecule has 2 aromatic rings. The van der Waals surface area contributed by atoms with E-state index in [1.807, 2.05) is 0 Å². The normalized spacial score (nSPS) is 22.0. The minimum absolute atomic E-state index is 0.0242. The number of aliphatic hydroxyl groups is 2. The van der Waals surface area contributed by atoms with Gasteiger partial charge in [0.15, 0.2) is 22.8 Å². The maximum atomic E-state index is 14.4. The van der Waals surface area contributed by atoms with Gasteiger partial charge in [0.2, 0.25) is 11.8 Å². The summed E-state index contributed by atoms with van der Waals surface area (Å²) in [5, 5.41) is 26.1. The Hall–Kier alpha value is -2.51. The number of nitrogens with zero attached hydrogens (tertiary/aromatic N) is 4. The third-order valence-electron chi connectivity index (χ3n) is 9.24. The number of ether oxygens (including phenoxy) is 1. The maximum absolute atomic E-state index is 14.4. The number of thioether (sulfide) groups is 1. The summed E-state index contributed by atoms with van der Waals surface area (Å²) < 4.78 is 76.6. The molecule has 2 amide bonds. The summed E-state index contributed by atoms with van der Waals surface area (Å²) >= 11 is 0.914. The van der Waals surface area contributed by atoms with Crippen LogP contribution in [0.1, 0.15) is 78.9 Å². The van der Waals surface area contributed by atoms with Crippen molar-refractivity contribution >= 4 is 69.1 Å². The van der Waals surface area contributed by atoms with Crippen molar-refractivity contribution in [1.29, 1.82) is 0 Å². The SMILES string of the molecule is CCCCCCC[C@H](F)[C@H](C)C(=O)SCCNC(=O)CCNC(=O)[C@H](O)C(C)(C)COP(=O)(O)OP(=O)(O)OC[C@H]1O[C@@H](n2cnc3c(N)ncnc32)[C@H](O)[C@@H]1OP(=O)(O)O. The lowest BCUT2D eigenvalue weighted by atomic mass is 9.87. The molecule has 1 fully saturated rings.